The van der Waals surface area contributed by atoms with Gasteiger partial charge in [-0.05, 0) is 37.1 Å². The van der Waals surface area contributed by atoms with E-state index >= 15 is 0 Å². The van der Waals surface area contributed by atoms with Crippen molar-refractivity contribution in [3.8, 4) is 0 Å². The van der Waals surface area contributed by atoms with Crippen LogP contribution in [0, 0.1) is 0 Å². The van der Waals surface area contributed by atoms with Gasteiger partial charge >= 0.3 is 0 Å². The Hall–Kier alpha value is -0.640. The Kier molecular flexibility index (Phi) is 3.24. The molecule has 2 saturated heterocycles. The van der Waals surface area contributed by atoms with Gasteiger partial charge in [-0.15, -0.1) is 0 Å². The number of nitrogens with zero attached hydrogens (tertiary/aromatic N) is 1. The van der Waals surface area contributed by atoms with Gasteiger partial charge in [0.15, 0.2) is 0 Å². The highest BCUT2D eigenvalue weighted by atomic mass is 35.5. The molecule has 1 aromatic carbocycles. The lowest BCUT2D eigenvalue weighted by Crippen LogP contribution is -2.40. The average molecular weight is 308 g/mol. The van der Waals surface area contributed by atoms with Crippen LogP contribution in [0.25, 0.3) is 10.9 Å². The van der Waals surface area contributed by atoms with Crippen LogP contribution in [0.2, 0.25) is 5.02 Å². The van der Waals surface area contributed by atoms with Crippen LogP contribution in [0.3, 0.4) is 0 Å². The van der Waals surface area contributed by atoms with Gasteiger partial charge in [0.25, 0.3) is 0 Å². The highest BCUT2D eigenvalue weighted by molar-refractivity contribution is 7.99. The molecule has 2 unspecified atom stereocenters. The molecule has 0 N–H and O–H groups in total. The summed E-state index contributed by atoms with van der Waals surface area (Å²) in [5.74, 6) is 2.39. The number of halogens is 1. The molecule has 1 aromatic heterocycles. The van der Waals surface area contributed by atoms with Crippen molar-refractivity contribution in [2.24, 2.45) is 0 Å². The first-order valence-electron chi connectivity index (χ1n) is 7.24. The first-order chi connectivity index (χ1) is 9.77. The number of fused-ring (bicyclic) bond motifs is 1. The maximum absolute atomic E-state index is 6.42. The molecule has 2 fully saturated rings. The molecule has 106 valence electrons. The van der Waals surface area contributed by atoms with Gasteiger partial charge in [-0.25, -0.2) is 0 Å². The fourth-order valence-electron chi connectivity index (χ4n) is 3.58. The molecule has 0 bridgehead atoms. The van der Waals surface area contributed by atoms with Crippen molar-refractivity contribution in [1.29, 1.82) is 0 Å². The summed E-state index contributed by atoms with van der Waals surface area (Å²) in [4.78, 5) is 0. The summed E-state index contributed by atoms with van der Waals surface area (Å²) in [6.45, 7) is 0.870. The van der Waals surface area contributed by atoms with Gasteiger partial charge in [-0.1, -0.05) is 23.7 Å². The van der Waals surface area contributed by atoms with Crippen LogP contribution in [0.1, 0.15) is 25.3 Å². The van der Waals surface area contributed by atoms with E-state index in [1.54, 1.807) is 0 Å². The first-order valence-corrected chi connectivity index (χ1v) is 8.77. The predicted molar refractivity (Wildman–Crippen MR) is 85.8 cm³/mol. The van der Waals surface area contributed by atoms with E-state index in [0.717, 1.165) is 30.2 Å². The average Bonchev–Trinajstić information content (AvgIpc) is 3.07. The van der Waals surface area contributed by atoms with Crippen molar-refractivity contribution in [3.05, 3.63) is 35.5 Å². The maximum atomic E-state index is 6.42. The molecule has 4 heteroatoms. The number of aromatic nitrogens is 1. The van der Waals surface area contributed by atoms with E-state index in [1.165, 1.54) is 23.1 Å². The van der Waals surface area contributed by atoms with Crippen LogP contribution in [-0.4, -0.2) is 28.3 Å². The molecule has 0 amide bonds. The van der Waals surface area contributed by atoms with Gasteiger partial charge in [0.2, 0.25) is 0 Å². The van der Waals surface area contributed by atoms with Crippen molar-refractivity contribution in [3.63, 3.8) is 0 Å². The molecule has 2 aliphatic heterocycles. The minimum Gasteiger partial charge on any atom is -0.374 e. The number of hydrogen-bond acceptors (Lipinski definition) is 2. The third-order valence-electron chi connectivity index (χ3n) is 4.62. The second kappa shape index (κ2) is 4.97. The summed E-state index contributed by atoms with van der Waals surface area (Å²) < 4.78 is 8.51. The molecule has 2 aromatic rings. The third kappa shape index (κ3) is 2.07. The fourth-order valence-corrected chi connectivity index (χ4v) is 5.24. The molecular formula is C16H18ClNOS. The topological polar surface area (TPSA) is 14.2 Å². The van der Waals surface area contributed by atoms with Crippen LogP contribution in [0.4, 0.5) is 0 Å². The van der Waals surface area contributed by atoms with E-state index in [2.05, 4.69) is 22.9 Å². The Morgan fingerprint density at radius 3 is 3.15 bits per heavy atom. The molecule has 3 heterocycles. The van der Waals surface area contributed by atoms with Crippen LogP contribution in [0.5, 0.6) is 0 Å². The lowest BCUT2D eigenvalue weighted by atomic mass is 9.89. The van der Waals surface area contributed by atoms with Crippen molar-refractivity contribution >= 4 is 34.3 Å². The Labute approximate surface area is 128 Å². The van der Waals surface area contributed by atoms with Gasteiger partial charge in [0, 0.05) is 30.0 Å². The maximum Gasteiger partial charge on any atom is 0.0800 e. The SMILES string of the molecule is Clc1cccc2ccn(C3CCOC4(CCSC4)C3)c12. The number of para-hydroxylation sites is 1. The van der Waals surface area contributed by atoms with Crippen molar-refractivity contribution in [2.45, 2.75) is 30.9 Å². The fraction of sp³-hybridized carbons (Fsp3) is 0.500. The zero-order chi connectivity index (χ0) is 13.6. The molecule has 0 saturated carbocycles. The minimum atomic E-state index is 0.117. The second-order valence-electron chi connectivity index (χ2n) is 5.88. The number of benzene rings is 1. The van der Waals surface area contributed by atoms with Crippen LogP contribution in [0.15, 0.2) is 30.5 Å². The summed E-state index contributed by atoms with van der Waals surface area (Å²) >= 11 is 8.44. The zero-order valence-corrected chi connectivity index (χ0v) is 12.9. The predicted octanol–water partition coefficient (Wildman–Crippen LogP) is 4.52. The summed E-state index contributed by atoms with van der Waals surface area (Å²) in [5, 5.41) is 2.09. The Bertz CT molecular complexity index is 632. The Morgan fingerprint density at radius 2 is 2.30 bits per heavy atom. The molecule has 2 aliphatic rings. The van der Waals surface area contributed by atoms with Gasteiger partial charge in [-0.3, -0.25) is 0 Å². The molecule has 20 heavy (non-hydrogen) atoms. The molecule has 1 spiro atoms. The normalized spacial score (nSPS) is 30.4. The van der Waals surface area contributed by atoms with Crippen molar-refractivity contribution < 1.29 is 4.74 Å². The number of rotatable bonds is 1. The van der Waals surface area contributed by atoms with Crippen molar-refractivity contribution in [2.75, 3.05) is 18.1 Å². The smallest absolute Gasteiger partial charge is 0.0800 e. The van der Waals surface area contributed by atoms with Crippen molar-refractivity contribution in [1.82, 2.24) is 4.57 Å². The number of thioether (sulfide) groups is 1. The quantitative estimate of drug-likeness (QED) is 0.769. The second-order valence-corrected chi connectivity index (χ2v) is 7.39. The molecule has 4 rings (SSSR count). The summed E-state index contributed by atoms with van der Waals surface area (Å²) in [7, 11) is 0. The van der Waals surface area contributed by atoms with E-state index in [0.29, 0.717) is 6.04 Å². The molecule has 0 radical (unpaired) electrons. The van der Waals surface area contributed by atoms with E-state index in [9.17, 15) is 0 Å². The van der Waals surface area contributed by atoms with E-state index in [1.807, 2.05) is 23.9 Å². The first kappa shape index (κ1) is 13.1. The van der Waals surface area contributed by atoms with Gasteiger partial charge < -0.3 is 9.30 Å². The minimum absolute atomic E-state index is 0.117. The highest BCUT2D eigenvalue weighted by Gasteiger charge is 2.41. The molecule has 0 aliphatic carbocycles. The summed E-state index contributed by atoms with van der Waals surface area (Å²) in [6.07, 6.45) is 5.60. The Balaban J connectivity index is 1.72. The monoisotopic (exact) mass is 307 g/mol. The van der Waals surface area contributed by atoms with Crippen LogP contribution >= 0.6 is 23.4 Å². The molecular weight excluding hydrogens is 290 g/mol. The largest absolute Gasteiger partial charge is 0.374 e. The van der Waals surface area contributed by atoms with E-state index in [4.69, 9.17) is 16.3 Å². The molecule has 2 nitrogen and oxygen atoms in total. The summed E-state index contributed by atoms with van der Waals surface area (Å²) in [6, 6.07) is 8.83. The standard InChI is InChI=1S/C16H18ClNOS/c17-14-3-1-2-12-4-7-18(15(12)14)13-5-8-19-16(10-13)6-9-20-11-16/h1-4,7,13H,5-6,8-11H2. The van der Waals surface area contributed by atoms with Gasteiger partial charge in [-0.2, -0.15) is 11.8 Å². The number of ether oxygens (including phenoxy) is 1. The van der Waals surface area contributed by atoms with E-state index < -0.39 is 0 Å². The number of hydrogen-bond donors (Lipinski definition) is 0. The highest BCUT2D eigenvalue weighted by Crippen LogP contribution is 2.43. The van der Waals surface area contributed by atoms with E-state index in [-0.39, 0.29) is 5.60 Å². The van der Waals surface area contributed by atoms with Crippen LogP contribution < -0.4 is 0 Å². The molecule has 2 atom stereocenters. The lowest BCUT2D eigenvalue weighted by molar-refractivity contribution is -0.0755. The zero-order valence-electron chi connectivity index (χ0n) is 11.3. The third-order valence-corrected chi connectivity index (χ3v) is 6.15. The summed E-state index contributed by atoms with van der Waals surface area (Å²) in [5.41, 5.74) is 1.30. The lowest BCUT2D eigenvalue weighted by Gasteiger charge is -2.38. The Morgan fingerprint density at radius 1 is 1.35 bits per heavy atom. The van der Waals surface area contributed by atoms with Gasteiger partial charge in [0.1, 0.15) is 0 Å². The van der Waals surface area contributed by atoms with Gasteiger partial charge in [0.05, 0.1) is 16.1 Å². The van der Waals surface area contributed by atoms with Crippen LogP contribution in [-0.2, 0) is 4.74 Å².